The van der Waals surface area contributed by atoms with Gasteiger partial charge < -0.3 is 19.4 Å². The van der Waals surface area contributed by atoms with Gasteiger partial charge in [0.2, 0.25) is 5.91 Å². The number of piperazine rings is 1. The van der Waals surface area contributed by atoms with Crippen molar-refractivity contribution in [3.05, 3.63) is 77.2 Å². The van der Waals surface area contributed by atoms with Crippen molar-refractivity contribution < 1.29 is 13.9 Å². The number of nitrogens with zero attached hydrogens (tertiary/aromatic N) is 5. The molecule has 0 atom stereocenters. The lowest BCUT2D eigenvalue weighted by molar-refractivity contribution is -0.137. The van der Waals surface area contributed by atoms with E-state index in [9.17, 15) is 9.18 Å². The summed E-state index contributed by atoms with van der Waals surface area (Å²) >= 11 is 0. The fraction of sp³-hybridized carbons (Fsp3) is 0.448. The second-order valence-electron chi connectivity index (χ2n) is 9.93. The van der Waals surface area contributed by atoms with Crippen molar-refractivity contribution in [2.75, 3.05) is 44.2 Å². The SMILES string of the molecule is CCN1CCN(c2c(CN(C(=O)COCc3ccccc3)C3CC3)c(C)nn2-c2cccc(F)c2)CC1. The number of benzene rings is 2. The molecule has 7 nitrogen and oxygen atoms in total. The van der Waals surface area contributed by atoms with E-state index in [2.05, 4.69) is 16.7 Å². The van der Waals surface area contributed by atoms with Crippen LogP contribution in [0.15, 0.2) is 54.6 Å². The van der Waals surface area contributed by atoms with Crippen LogP contribution in [0.5, 0.6) is 0 Å². The summed E-state index contributed by atoms with van der Waals surface area (Å²) in [5.74, 6) is 0.667. The van der Waals surface area contributed by atoms with Crippen molar-refractivity contribution in [2.45, 2.75) is 45.9 Å². The van der Waals surface area contributed by atoms with Gasteiger partial charge in [-0.3, -0.25) is 4.79 Å². The maximum atomic E-state index is 14.2. The highest BCUT2D eigenvalue weighted by molar-refractivity contribution is 5.78. The average molecular weight is 506 g/mol. The summed E-state index contributed by atoms with van der Waals surface area (Å²) in [5.41, 5.74) is 3.63. The maximum absolute atomic E-state index is 14.2. The van der Waals surface area contributed by atoms with Crippen LogP contribution in [0.4, 0.5) is 10.2 Å². The van der Waals surface area contributed by atoms with E-state index in [1.165, 1.54) is 12.1 Å². The molecule has 1 aliphatic heterocycles. The molecule has 1 amide bonds. The standard InChI is InChI=1S/C29H36FN5O2/c1-3-32-14-16-33(17-15-32)29-27(22(2)31-35(29)26-11-7-10-24(30)18-26)19-34(25-12-13-25)28(36)21-37-20-23-8-5-4-6-9-23/h4-11,18,25H,3,12-17,19-21H2,1-2H3. The lowest BCUT2D eigenvalue weighted by atomic mass is 10.1. The second kappa shape index (κ2) is 11.4. The first kappa shape index (κ1) is 25.4. The molecule has 5 rings (SSSR count). The monoisotopic (exact) mass is 505 g/mol. The van der Waals surface area contributed by atoms with E-state index >= 15 is 0 Å². The Bertz CT molecular complexity index is 1200. The van der Waals surface area contributed by atoms with Crippen LogP contribution in [0.1, 0.15) is 36.6 Å². The molecule has 2 aliphatic rings. The van der Waals surface area contributed by atoms with E-state index in [4.69, 9.17) is 9.84 Å². The number of halogens is 1. The number of rotatable bonds is 10. The first-order valence-corrected chi connectivity index (χ1v) is 13.3. The smallest absolute Gasteiger partial charge is 0.249 e. The minimum atomic E-state index is -0.292. The lowest BCUT2D eigenvalue weighted by Gasteiger charge is -2.36. The molecular weight excluding hydrogens is 469 g/mol. The molecule has 3 aromatic rings. The molecule has 1 saturated heterocycles. The van der Waals surface area contributed by atoms with E-state index in [0.29, 0.717) is 18.8 Å². The van der Waals surface area contributed by atoms with Gasteiger partial charge in [0.05, 0.1) is 24.5 Å². The molecule has 2 aromatic carbocycles. The third-order valence-corrected chi connectivity index (χ3v) is 7.30. The molecule has 1 aliphatic carbocycles. The molecule has 196 valence electrons. The van der Waals surface area contributed by atoms with Crippen LogP contribution in [0.3, 0.4) is 0 Å². The average Bonchev–Trinajstić information content (AvgIpc) is 3.71. The molecule has 0 bridgehead atoms. The Hall–Kier alpha value is -3.23. The van der Waals surface area contributed by atoms with Gasteiger partial charge in [0.25, 0.3) is 0 Å². The zero-order valence-corrected chi connectivity index (χ0v) is 21.8. The van der Waals surface area contributed by atoms with Crippen LogP contribution in [0.2, 0.25) is 0 Å². The van der Waals surface area contributed by atoms with Crippen molar-refractivity contribution in [3.63, 3.8) is 0 Å². The minimum absolute atomic E-state index is 0.00177. The Morgan fingerprint density at radius 3 is 2.51 bits per heavy atom. The number of anilines is 1. The number of likely N-dealkylation sites (N-methyl/N-ethyl adjacent to an activating group) is 1. The molecule has 2 fully saturated rings. The fourth-order valence-corrected chi connectivity index (χ4v) is 5.01. The summed E-state index contributed by atoms with van der Waals surface area (Å²) < 4.78 is 21.8. The zero-order valence-electron chi connectivity index (χ0n) is 21.8. The van der Waals surface area contributed by atoms with Gasteiger partial charge in [-0.15, -0.1) is 0 Å². The highest BCUT2D eigenvalue weighted by Crippen LogP contribution is 2.34. The Morgan fingerprint density at radius 2 is 1.84 bits per heavy atom. The second-order valence-corrected chi connectivity index (χ2v) is 9.93. The highest BCUT2D eigenvalue weighted by atomic mass is 19.1. The Kier molecular flexibility index (Phi) is 7.86. The van der Waals surface area contributed by atoms with E-state index < -0.39 is 0 Å². The predicted octanol–water partition coefficient (Wildman–Crippen LogP) is 4.17. The van der Waals surface area contributed by atoms with Crippen LogP contribution in [0, 0.1) is 12.7 Å². The predicted molar refractivity (Wildman–Crippen MR) is 142 cm³/mol. The highest BCUT2D eigenvalue weighted by Gasteiger charge is 2.35. The van der Waals surface area contributed by atoms with E-state index in [0.717, 1.165) is 68.2 Å². The number of aryl methyl sites for hydroxylation is 1. The summed E-state index contributed by atoms with van der Waals surface area (Å²) in [6.07, 6.45) is 2.01. The summed E-state index contributed by atoms with van der Waals surface area (Å²) in [5, 5.41) is 4.86. The number of aromatic nitrogens is 2. The number of carbonyl (C=O) groups is 1. The number of ether oxygens (including phenoxy) is 1. The van der Waals surface area contributed by atoms with Crippen molar-refractivity contribution in [1.29, 1.82) is 0 Å². The molecule has 37 heavy (non-hydrogen) atoms. The number of carbonyl (C=O) groups excluding carboxylic acids is 1. The van der Waals surface area contributed by atoms with Gasteiger partial charge in [0, 0.05) is 37.8 Å². The van der Waals surface area contributed by atoms with Gasteiger partial charge in [-0.1, -0.05) is 43.3 Å². The van der Waals surface area contributed by atoms with Crippen molar-refractivity contribution in [3.8, 4) is 5.69 Å². The molecule has 1 aromatic heterocycles. The topological polar surface area (TPSA) is 53.8 Å². The quantitative estimate of drug-likeness (QED) is 0.414. The largest absolute Gasteiger partial charge is 0.367 e. The number of hydrogen-bond donors (Lipinski definition) is 0. The summed E-state index contributed by atoms with van der Waals surface area (Å²) in [7, 11) is 0. The fourth-order valence-electron chi connectivity index (χ4n) is 5.01. The molecule has 2 heterocycles. The summed E-state index contributed by atoms with van der Waals surface area (Å²) in [6, 6.07) is 16.7. The Morgan fingerprint density at radius 1 is 1.08 bits per heavy atom. The molecule has 8 heteroatoms. The van der Waals surface area contributed by atoms with Gasteiger partial charge >= 0.3 is 0 Å². The molecular formula is C29H36FN5O2. The number of hydrogen-bond acceptors (Lipinski definition) is 5. The first-order valence-electron chi connectivity index (χ1n) is 13.3. The molecule has 0 spiro atoms. The lowest BCUT2D eigenvalue weighted by Crippen LogP contribution is -2.47. The van der Waals surface area contributed by atoms with Gasteiger partial charge in [0.1, 0.15) is 18.2 Å². The third-order valence-electron chi connectivity index (χ3n) is 7.30. The Labute approximate surface area is 218 Å². The van der Waals surface area contributed by atoms with E-state index in [1.807, 2.05) is 52.9 Å². The zero-order chi connectivity index (χ0) is 25.8. The van der Waals surface area contributed by atoms with Crippen LogP contribution < -0.4 is 4.90 Å². The third kappa shape index (κ3) is 6.02. The maximum Gasteiger partial charge on any atom is 0.249 e. The normalized spacial score (nSPS) is 16.2. The molecule has 0 N–H and O–H groups in total. The first-order chi connectivity index (χ1) is 18.0. The van der Waals surface area contributed by atoms with Gasteiger partial charge in [-0.25, -0.2) is 9.07 Å². The van der Waals surface area contributed by atoms with Gasteiger partial charge in [-0.05, 0) is 50.1 Å². The van der Waals surface area contributed by atoms with Gasteiger partial charge in [-0.2, -0.15) is 5.10 Å². The van der Waals surface area contributed by atoms with Crippen molar-refractivity contribution in [2.24, 2.45) is 0 Å². The molecule has 0 radical (unpaired) electrons. The number of amides is 1. The van der Waals surface area contributed by atoms with Gasteiger partial charge in [0.15, 0.2) is 0 Å². The van der Waals surface area contributed by atoms with Crippen molar-refractivity contribution in [1.82, 2.24) is 19.6 Å². The summed E-state index contributed by atoms with van der Waals surface area (Å²) in [4.78, 5) is 20.0. The molecule has 1 saturated carbocycles. The molecule has 0 unspecified atom stereocenters. The summed E-state index contributed by atoms with van der Waals surface area (Å²) in [6.45, 7) is 9.77. The van der Waals surface area contributed by atoms with Crippen LogP contribution in [0.25, 0.3) is 5.69 Å². The van der Waals surface area contributed by atoms with Crippen LogP contribution in [-0.4, -0.2) is 70.9 Å². The minimum Gasteiger partial charge on any atom is -0.367 e. The van der Waals surface area contributed by atoms with Crippen LogP contribution >= 0.6 is 0 Å². The van der Waals surface area contributed by atoms with E-state index in [1.54, 1.807) is 6.07 Å². The van der Waals surface area contributed by atoms with E-state index in [-0.39, 0.29) is 24.4 Å². The van der Waals surface area contributed by atoms with Crippen molar-refractivity contribution >= 4 is 11.7 Å². The Balaban J connectivity index is 1.40. The van der Waals surface area contributed by atoms with Crippen LogP contribution in [-0.2, 0) is 22.7 Å².